The maximum absolute atomic E-state index is 11.2. The van der Waals surface area contributed by atoms with E-state index in [0.29, 0.717) is 6.42 Å². The van der Waals surface area contributed by atoms with Crippen LogP contribution in [0.15, 0.2) is 0 Å². The van der Waals surface area contributed by atoms with E-state index in [-0.39, 0.29) is 18.0 Å². The van der Waals surface area contributed by atoms with Crippen LogP contribution in [-0.4, -0.2) is 25.0 Å². The molecule has 118 valence electrons. The van der Waals surface area contributed by atoms with Gasteiger partial charge in [0.2, 0.25) is 5.91 Å². The molecule has 0 aromatic rings. The highest BCUT2D eigenvalue weighted by Crippen LogP contribution is 2.15. The largest absolute Gasteiger partial charge is 0.463 e. The van der Waals surface area contributed by atoms with E-state index in [1.54, 1.807) is 7.05 Å². The van der Waals surface area contributed by atoms with E-state index in [1.807, 2.05) is 0 Å². The van der Waals surface area contributed by atoms with E-state index in [0.717, 1.165) is 25.7 Å². The predicted octanol–water partition coefficient (Wildman–Crippen LogP) is 3.59. The van der Waals surface area contributed by atoms with Crippen molar-refractivity contribution >= 4 is 11.9 Å². The fourth-order valence-electron chi connectivity index (χ4n) is 2.26. The lowest BCUT2D eigenvalue weighted by Gasteiger charge is -2.16. The molecule has 20 heavy (non-hydrogen) atoms. The summed E-state index contributed by atoms with van der Waals surface area (Å²) >= 11 is 0. The summed E-state index contributed by atoms with van der Waals surface area (Å²) in [7, 11) is 1.64. The second-order valence-corrected chi connectivity index (χ2v) is 5.35. The van der Waals surface area contributed by atoms with Crippen molar-refractivity contribution in [1.82, 2.24) is 5.32 Å². The van der Waals surface area contributed by atoms with Crippen LogP contribution in [0.1, 0.15) is 78.1 Å². The Morgan fingerprint density at radius 1 is 1.00 bits per heavy atom. The number of amides is 1. The summed E-state index contributed by atoms with van der Waals surface area (Å²) in [6.45, 7) is 3.66. The van der Waals surface area contributed by atoms with Crippen LogP contribution in [0.25, 0.3) is 0 Å². The molecule has 1 unspecified atom stereocenters. The van der Waals surface area contributed by atoms with Gasteiger partial charge < -0.3 is 10.1 Å². The van der Waals surface area contributed by atoms with Gasteiger partial charge in [-0.2, -0.15) is 0 Å². The Hall–Kier alpha value is -1.06. The lowest BCUT2D eigenvalue weighted by atomic mass is 10.0. The SMILES string of the molecule is CCCCCCCCC(CCCC(=O)NC)OC(C)=O. The normalized spacial score (nSPS) is 11.9. The summed E-state index contributed by atoms with van der Waals surface area (Å²) in [6, 6.07) is 0. The lowest BCUT2D eigenvalue weighted by Crippen LogP contribution is -2.20. The summed E-state index contributed by atoms with van der Waals surface area (Å²) in [5.74, 6) is -0.174. The molecule has 1 N–H and O–H groups in total. The van der Waals surface area contributed by atoms with E-state index in [9.17, 15) is 9.59 Å². The molecule has 0 aliphatic heterocycles. The highest BCUT2D eigenvalue weighted by Gasteiger charge is 2.12. The molecule has 4 heteroatoms. The molecule has 1 amide bonds. The van der Waals surface area contributed by atoms with Crippen molar-refractivity contribution in [2.75, 3.05) is 7.05 Å². The first kappa shape index (κ1) is 18.9. The van der Waals surface area contributed by atoms with Crippen LogP contribution in [0.5, 0.6) is 0 Å². The number of unbranched alkanes of at least 4 members (excludes halogenated alkanes) is 5. The van der Waals surface area contributed by atoms with Crippen molar-refractivity contribution < 1.29 is 14.3 Å². The maximum Gasteiger partial charge on any atom is 0.302 e. The third-order valence-electron chi connectivity index (χ3n) is 3.42. The van der Waals surface area contributed by atoms with E-state index in [2.05, 4.69) is 12.2 Å². The third-order valence-corrected chi connectivity index (χ3v) is 3.42. The van der Waals surface area contributed by atoms with Crippen molar-refractivity contribution in [2.24, 2.45) is 0 Å². The number of carbonyl (C=O) groups excluding carboxylic acids is 2. The minimum atomic E-state index is -0.221. The number of hydrogen-bond acceptors (Lipinski definition) is 3. The quantitative estimate of drug-likeness (QED) is 0.440. The second-order valence-electron chi connectivity index (χ2n) is 5.35. The van der Waals surface area contributed by atoms with Gasteiger partial charge in [-0.1, -0.05) is 39.0 Å². The summed E-state index contributed by atoms with van der Waals surface area (Å²) in [5, 5.41) is 2.60. The zero-order chi connectivity index (χ0) is 15.2. The molecule has 0 radical (unpaired) electrons. The molecule has 0 rings (SSSR count). The standard InChI is InChI=1S/C16H31NO3/c1-4-5-6-7-8-9-11-15(20-14(2)18)12-10-13-16(19)17-3/h15H,4-13H2,1-3H3,(H,17,19). The average Bonchev–Trinajstić information content (AvgIpc) is 2.41. The smallest absolute Gasteiger partial charge is 0.302 e. The highest BCUT2D eigenvalue weighted by molar-refractivity contribution is 5.75. The van der Waals surface area contributed by atoms with Gasteiger partial charge in [0.1, 0.15) is 6.10 Å². The predicted molar refractivity (Wildman–Crippen MR) is 81.5 cm³/mol. The number of hydrogen-bond donors (Lipinski definition) is 1. The molecule has 0 aliphatic rings. The summed E-state index contributed by atoms with van der Waals surface area (Å²) in [6.07, 6.45) is 10.4. The minimum absolute atomic E-state index is 0.0247. The van der Waals surface area contributed by atoms with E-state index in [4.69, 9.17) is 4.74 Å². The van der Waals surface area contributed by atoms with Gasteiger partial charge in [-0.15, -0.1) is 0 Å². The molecule has 0 aliphatic carbocycles. The van der Waals surface area contributed by atoms with Gasteiger partial charge in [-0.05, 0) is 25.7 Å². The molecular weight excluding hydrogens is 254 g/mol. The lowest BCUT2D eigenvalue weighted by molar-refractivity contribution is -0.147. The van der Waals surface area contributed by atoms with E-state index in [1.165, 1.54) is 39.0 Å². The molecule has 0 saturated carbocycles. The second kappa shape index (κ2) is 12.9. The van der Waals surface area contributed by atoms with Crippen molar-refractivity contribution in [2.45, 2.75) is 84.2 Å². The Kier molecular flexibility index (Phi) is 12.3. The van der Waals surface area contributed by atoms with Crippen LogP contribution < -0.4 is 5.32 Å². The molecule has 0 saturated heterocycles. The van der Waals surface area contributed by atoms with Crippen LogP contribution in [0.3, 0.4) is 0 Å². The van der Waals surface area contributed by atoms with Crippen molar-refractivity contribution in [3.05, 3.63) is 0 Å². The molecule has 1 atom stereocenters. The summed E-state index contributed by atoms with van der Waals surface area (Å²) < 4.78 is 5.32. The zero-order valence-corrected chi connectivity index (χ0v) is 13.4. The molecule has 0 aromatic heterocycles. The van der Waals surface area contributed by atoms with Gasteiger partial charge in [0.05, 0.1) is 0 Å². The van der Waals surface area contributed by atoms with Crippen molar-refractivity contribution in [1.29, 1.82) is 0 Å². The topological polar surface area (TPSA) is 55.4 Å². The summed E-state index contributed by atoms with van der Waals surface area (Å²) in [4.78, 5) is 22.2. The van der Waals surface area contributed by atoms with E-state index < -0.39 is 0 Å². The zero-order valence-electron chi connectivity index (χ0n) is 13.4. The van der Waals surface area contributed by atoms with Gasteiger partial charge in [0.15, 0.2) is 0 Å². The van der Waals surface area contributed by atoms with Gasteiger partial charge in [-0.3, -0.25) is 9.59 Å². The van der Waals surface area contributed by atoms with Gasteiger partial charge in [0, 0.05) is 20.4 Å². The van der Waals surface area contributed by atoms with Crippen LogP contribution in [0, 0.1) is 0 Å². The molecule has 4 nitrogen and oxygen atoms in total. The Balaban J connectivity index is 3.78. The molecule has 0 aromatic carbocycles. The first-order chi connectivity index (χ1) is 9.60. The maximum atomic E-state index is 11.2. The Labute approximate surface area is 123 Å². The average molecular weight is 285 g/mol. The number of nitrogens with one attached hydrogen (secondary N) is 1. The number of rotatable bonds is 12. The molecule has 0 fully saturated rings. The van der Waals surface area contributed by atoms with Crippen LogP contribution in [-0.2, 0) is 14.3 Å². The fraction of sp³-hybridized carbons (Fsp3) is 0.875. The molecular formula is C16H31NO3. The monoisotopic (exact) mass is 285 g/mol. The van der Waals surface area contributed by atoms with Crippen molar-refractivity contribution in [3.63, 3.8) is 0 Å². The minimum Gasteiger partial charge on any atom is -0.463 e. The summed E-state index contributed by atoms with van der Waals surface area (Å²) in [5.41, 5.74) is 0. The van der Waals surface area contributed by atoms with Gasteiger partial charge in [-0.25, -0.2) is 0 Å². The fourth-order valence-corrected chi connectivity index (χ4v) is 2.26. The Morgan fingerprint density at radius 2 is 1.60 bits per heavy atom. The highest BCUT2D eigenvalue weighted by atomic mass is 16.5. The number of esters is 1. The van der Waals surface area contributed by atoms with Crippen molar-refractivity contribution in [3.8, 4) is 0 Å². The van der Waals surface area contributed by atoms with Crippen LogP contribution in [0.2, 0.25) is 0 Å². The van der Waals surface area contributed by atoms with E-state index >= 15 is 0 Å². The first-order valence-corrected chi connectivity index (χ1v) is 7.98. The Morgan fingerprint density at radius 3 is 2.20 bits per heavy atom. The molecule has 0 heterocycles. The first-order valence-electron chi connectivity index (χ1n) is 7.98. The number of ether oxygens (including phenoxy) is 1. The Bertz CT molecular complexity index is 266. The van der Waals surface area contributed by atoms with Gasteiger partial charge >= 0.3 is 5.97 Å². The van der Waals surface area contributed by atoms with Crippen LogP contribution in [0.4, 0.5) is 0 Å². The van der Waals surface area contributed by atoms with Crippen LogP contribution >= 0.6 is 0 Å². The third kappa shape index (κ3) is 12.0. The van der Waals surface area contributed by atoms with Gasteiger partial charge in [0.25, 0.3) is 0 Å². The molecule has 0 spiro atoms. The molecule has 0 bridgehead atoms. The number of carbonyl (C=O) groups is 2.